The van der Waals surface area contributed by atoms with Gasteiger partial charge in [-0.3, -0.25) is 0 Å². The van der Waals surface area contributed by atoms with E-state index in [2.05, 4.69) is 0 Å². The zero-order valence-corrected chi connectivity index (χ0v) is 18.2. The number of aliphatic hydroxyl groups is 1. The molecular weight excluding hydrogens is 400 g/mol. The molecule has 1 aliphatic carbocycles. The fourth-order valence-corrected chi connectivity index (χ4v) is 5.16. The third-order valence-corrected chi connectivity index (χ3v) is 6.80. The molecule has 30 heavy (non-hydrogen) atoms. The number of esters is 1. The van der Waals surface area contributed by atoms with Gasteiger partial charge in [-0.2, -0.15) is 0 Å². The van der Waals surface area contributed by atoms with E-state index in [9.17, 15) is 14.7 Å². The van der Waals surface area contributed by atoms with Crippen molar-refractivity contribution in [2.24, 2.45) is 5.92 Å². The molecule has 1 heterocycles. The third-order valence-electron chi connectivity index (χ3n) is 6.55. The first-order chi connectivity index (χ1) is 14.3. The van der Waals surface area contributed by atoms with Crippen molar-refractivity contribution in [3.63, 3.8) is 0 Å². The molecule has 1 fully saturated rings. The fraction of sp³-hybridized carbons (Fsp3) is 0.360. The molecule has 4 rings (SSSR count). The smallest absolute Gasteiger partial charge is 0.343 e. The van der Waals surface area contributed by atoms with Crippen molar-refractivity contribution >= 4 is 29.4 Å². The normalized spacial score (nSPS) is 23.7. The molecule has 0 amide bonds. The number of carbonyl (C=O) groups is 2. The Bertz CT molecular complexity index is 1060. The second-order valence-electron chi connectivity index (χ2n) is 8.47. The van der Waals surface area contributed by atoms with Gasteiger partial charge in [0.1, 0.15) is 11.9 Å². The monoisotopic (exact) mass is 424 g/mol. The highest BCUT2D eigenvalue weighted by molar-refractivity contribution is 6.30. The van der Waals surface area contributed by atoms with Crippen LogP contribution >= 0.6 is 11.6 Å². The van der Waals surface area contributed by atoms with Crippen LogP contribution in [0.5, 0.6) is 0 Å². The van der Waals surface area contributed by atoms with Crippen LogP contribution in [0, 0.1) is 26.7 Å². The van der Waals surface area contributed by atoms with Crippen LogP contribution in [0.4, 0.5) is 0 Å². The van der Waals surface area contributed by atoms with Crippen molar-refractivity contribution in [1.82, 2.24) is 0 Å². The predicted molar refractivity (Wildman–Crippen MR) is 117 cm³/mol. The van der Waals surface area contributed by atoms with Crippen molar-refractivity contribution in [3.05, 3.63) is 63.4 Å². The molecule has 1 N–H and O–H groups in total. The van der Waals surface area contributed by atoms with Gasteiger partial charge in [0.25, 0.3) is 0 Å². The lowest BCUT2D eigenvalue weighted by molar-refractivity contribution is -0.150. The second kappa shape index (κ2) is 7.59. The second-order valence-corrected chi connectivity index (χ2v) is 8.91. The highest BCUT2D eigenvalue weighted by Crippen LogP contribution is 2.48. The van der Waals surface area contributed by atoms with Crippen LogP contribution < -0.4 is 0 Å². The van der Waals surface area contributed by atoms with E-state index in [1.54, 1.807) is 0 Å². The van der Waals surface area contributed by atoms with E-state index in [0.717, 1.165) is 39.7 Å². The van der Waals surface area contributed by atoms with E-state index in [-0.39, 0.29) is 17.3 Å². The number of ether oxygens (including phenoxy) is 1. The zero-order chi connectivity index (χ0) is 21.6. The molecule has 156 valence electrons. The Morgan fingerprint density at radius 1 is 1.07 bits per heavy atom. The molecule has 0 atom stereocenters. The summed E-state index contributed by atoms with van der Waals surface area (Å²) < 4.78 is 5.77. The first kappa shape index (κ1) is 20.7. The fourth-order valence-electron chi connectivity index (χ4n) is 5.03. The number of hydrogen-bond donors (Lipinski definition) is 1. The summed E-state index contributed by atoms with van der Waals surface area (Å²) in [5.41, 5.74) is 4.92. The largest absolute Gasteiger partial charge is 0.507 e. The number of carbonyl (C=O) groups excluding carboxylic acids is 2. The number of halogens is 1. The number of rotatable bonds is 3. The molecule has 1 saturated carbocycles. The molecule has 5 heteroatoms. The summed E-state index contributed by atoms with van der Waals surface area (Å²) in [4.78, 5) is 24.1. The molecule has 0 saturated heterocycles. The molecule has 2 aliphatic rings. The van der Waals surface area contributed by atoms with Crippen molar-refractivity contribution in [2.45, 2.75) is 52.1 Å². The summed E-state index contributed by atoms with van der Waals surface area (Å²) in [6, 6.07) is 9.64. The quantitative estimate of drug-likeness (QED) is 0.493. The number of benzene rings is 2. The lowest BCUT2D eigenvalue weighted by Gasteiger charge is -2.34. The maximum atomic E-state index is 13.0. The molecule has 4 nitrogen and oxygen atoms in total. The Balaban J connectivity index is 1.86. The van der Waals surface area contributed by atoms with E-state index in [4.69, 9.17) is 16.3 Å². The summed E-state index contributed by atoms with van der Waals surface area (Å²) in [6.45, 7) is 5.96. The molecule has 1 aliphatic heterocycles. The molecule has 0 bridgehead atoms. The zero-order valence-electron chi connectivity index (χ0n) is 17.4. The first-order valence-electron chi connectivity index (χ1n) is 10.3. The average Bonchev–Trinajstić information content (AvgIpc) is 2.94. The Kier molecular flexibility index (Phi) is 5.23. The Hall–Kier alpha value is -2.59. The van der Waals surface area contributed by atoms with Crippen LogP contribution in [-0.2, 0) is 14.3 Å². The summed E-state index contributed by atoms with van der Waals surface area (Å²) in [5, 5.41) is 11.9. The highest BCUT2D eigenvalue weighted by atomic mass is 35.5. The Morgan fingerprint density at radius 2 is 1.67 bits per heavy atom. The SMILES string of the molecule is Cc1cc(C)c(-c2ccc(Cl)cc2)c(C)c1C1=C(O)C2(CCC(C=O)CC2)OC1=O. The molecule has 0 radical (unpaired) electrons. The molecule has 2 aromatic carbocycles. The third kappa shape index (κ3) is 3.24. The van der Waals surface area contributed by atoms with Gasteiger partial charge >= 0.3 is 5.97 Å². The van der Waals surface area contributed by atoms with Crippen molar-refractivity contribution in [1.29, 1.82) is 0 Å². The molecule has 2 aromatic rings. The number of aryl methyl sites for hydroxylation is 2. The van der Waals surface area contributed by atoms with Crippen molar-refractivity contribution in [2.75, 3.05) is 0 Å². The Labute approximate surface area is 181 Å². The van der Waals surface area contributed by atoms with Gasteiger partial charge in [0.15, 0.2) is 11.4 Å². The van der Waals surface area contributed by atoms with Crippen LogP contribution in [0.25, 0.3) is 16.7 Å². The summed E-state index contributed by atoms with van der Waals surface area (Å²) in [7, 11) is 0. The maximum absolute atomic E-state index is 13.0. The van der Waals surface area contributed by atoms with E-state index in [1.807, 2.05) is 51.1 Å². The topological polar surface area (TPSA) is 63.6 Å². The van der Waals surface area contributed by atoms with Gasteiger partial charge in [-0.05, 0) is 92.0 Å². The van der Waals surface area contributed by atoms with Gasteiger partial charge in [0, 0.05) is 10.9 Å². The minimum Gasteiger partial charge on any atom is -0.507 e. The maximum Gasteiger partial charge on any atom is 0.343 e. The number of hydrogen-bond acceptors (Lipinski definition) is 4. The number of aldehydes is 1. The summed E-state index contributed by atoms with van der Waals surface area (Å²) >= 11 is 6.06. The Morgan fingerprint density at radius 3 is 2.27 bits per heavy atom. The average molecular weight is 425 g/mol. The van der Waals surface area contributed by atoms with Gasteiger partial charge in [0.05, 0.1) is 0 Å². The van der Waals surface area contributed by atoms with Crippen molar-refractivity contribution in [3.8, 4) is 11.1 Å². The lowest BCUT2D eigenvalue weighted by Crippen LogP contribution is -2.37. The highest BCUT2D eigenvalue weighted by Gasteiger charge is 2.50. The van der Waals surface area contributed by atoms with Gasteiger partial charge in [-0.1, -0.05) is 29.8 Å². The standard InChI is InChI=1S/C25H25ClO4/c1-14-12-15(2)21(16(3)20(14)18-4-6-19(26)7-5-18)22-23(28)25(30-24(22)29)10-8-17(13-27)9-11-25/h4-7,12-13,17,28H,8-11H2,1-3H3. The summed E-state index contributed by atoms with van der Waals surface area (Å²) in [5.74, 6) is -0.520. The number of aliphatic hydroxyl groups excluding tert-OH is 1. The van der Waals surface area contributed by atoms with E-state index < -0.39 is 11.6 Å². The van der Waals surface area contributed by atoms with Gasteiger partial charge < -0.3 is 14.6 Å². The van der Waals surface area contributed by atoms with Gasteiger partial charge in [0.2, 0.25) is 0 Å². The minimum absolute atomic E-state index is 0.00829. The minimum atomic E-state index is -1.00. The van der Waals surface area contributed by atoms with E-state index >= 15 is 0 Å². The molecule has 0 aromatic heterocycles. The lowest BCUT2D eigenvalue weighted by atomic mass is 9.77. The molecule has 0 unspecified atom stereocenters. The van der Waals surface area contributed by atoms with Gasteiger partial charge in [-0.25, -0.2) is 4.79 Å². The van der Waals surface area contributed by atoms with Crippen LogP contribution in [-0.4, -0.2) is 23.0 Å². The van der Waals surface area contributed by atoms with Crippen LogP contribution in [0.2, 0.25) is 5.02 Å². The van der Waals surface area contributed by atoms with Crippen LogP contribution in [0.15, 0.2) is 36.1 Å². The van der Waals surface area contributed by atoms with E-state index in [1.165, 1.54) is 0 Å². The van der Waals surface area contributed by atoms with Crippen molar-refractivity contribution < 1.29 is 19.4 Å². The summed E-state index contributed by atoms with van der Waals surface area (Å²) in [6.07, 6.45) is 3.10. The van der Waals surface area contributed by atoms with Crippen LogP contribution in [0.3, 0.4) is 0 Å². The molecular formula is C25H25ClO4. The molecule has 1 spiro atoms. The van der Waals surface area contributed by atoms with Crippen LogP contribution in [0.1, 0.15) is 47.9 Å². The predicted octanol–water partition coefficient (Wildman–Crippen LogP) is 5.89. The first-order valence-corrected chi connectivity index (χ1v) is 10.6. The van der Waals surface area contributed by atoms with Gasteiger partial charge in [-0.15, -0.1) is 0 Å². The van der Waals surface area contributed by atoms with E-state index in [0.29, 0.717) is 30.7 Å².